The first-order valence-electron chi connectivity index (χ1n) is 7.55. The van der Waals surface area contributed by atoms with Gasteiger partial charge in [0.15, 0.2) is 0 Å². The van der Waals surface area contributed by atoms with E-state index in [9.17, 15) is 9.18 Å². The van der Waals surface area contributed by atoms with Gasteiger partial charge in [-0.15, -0.1) is 0 Å². The molecule has 0 spiro atoms. The maximum Gasteiger partial charge on any atom is 0.254 e. The van der Waals surface area contributed by atoms with Crippen molar-refractivity contribution in [2.24, 2.45) is 10.8 Å². The molecule has 1 aromatic carbocycles. The Bertz CT molecular complexity index is 598. The van der Waals surface area contributed by atoms with Gasteiger partial charge in [-0.2, -0.15) is 0 Å². The molecule has 3 rings (SSSR count). The number of fused-ring (bicyclic) bond motifs is 2. The molecule has 2 fully saturated rings. The molecule has 21 heavy (non-hydrogen) atoms. The quantitative estimate of drug-likeness (QED) is 0.805. The van der Waals surface area contributed by atoms with Crippen molar-refractivity contribution in [3.05, 3.63) is 29.6 Å². The van der Waals surface area contributed by atoms with Gasteiger partial charge in [-0.25, -0.2) is 4.39 Å². The number of halogens is 1. The fourth-order valence-corrected chi connectivity index (χ4v) is 4.54. The number of rotatable bonds is 1. The molecule has 2 unspecified atom stereocenters. The number of nitrogen functional groups attached to an aromatic ring is 1. The number of likely N-dealkylation sites (tertiary alicyclic amines) is 1. The predicted octanol–water partition coefficient (Wildman–Crippen LogP) is 3.45. The van der Waals surface area contributed by atoms with E-state index in [1.54, 1.807) is 0 Å². The van der Waals surface area contributed by atoms with Gasteiger partial charge in [0.05, 0.1) is 5.69 Å². The van der Waals surface area contributed by atoms with Crippen LogP contribution >= 0.6 is 0 Å². The van der Waals surface area contributed by atoms with Crippen LogP contribution in [-0.4, -0.2) is 23.4 Å². The topological polar surface area (TPSA) is 46.3 Å². The van der Waals surface area contributed by atoms with Crippen LogP contribution in [0.4, 0.5) is 10.1 Å². The summed E-state index contributed by atoms with van der Waals surface area (Å²) in [6, 6.07) is 4.55. The number of hydrogen-bond acceptors (Lipinski definition) is 2. The number of nitrogens with zero attached hydrogens (tertiary/aromatic N) is 1. The molecule has 1 heterocycles. The van der Waals surface area contributed by atoms with Crippen LogP contribution in [-0.2, 0) is 0 Å². The second kappa shape index (κ2) is 4.46. The normalized spacial score (nSPS) is 30.5. The molecule has 1 aliphatic carbocycles. The van der Waals surface area contributed by atoms with Gasteiger partial charge >= 0.3 is 0 Å². The summed E-state index contributed by atoms with van der Waals surface area (Å²) in [6.07, 6.45) is 3.25. The van der Waals surface area contributed by atoms with Crippen molar-refractivity contribution in [2.75, 3.05) is 12.3 Å². The molecule has 2 aliphatic rings. The van der Waals surface area contributed by atoms with Gasteiger partial charge in [0.1, 0.15) is 5.82 Å². The van der Waals surface area contributed by atoms with Gasteiger partial charge in [-0.05, 0) is 48.3 Å². The third kappa shape index (κ3) is 2.52. The summed E-state index contributed by atoms with van der Waals surface area (Å²) in [5.41, 5.74) is 6.59. The van der Waals surface area contributed by atoms with Crippen molar-refractivity contribution < 1.29 is 9.18 Å². The van der Waals surface area contributed by atoms with E-state index in [1.807, 2.05) is 4.90 Å². The SMILES string of the molecule is CC1(C)CC2CC(C)(CN2C(=O)c2ccc(F)c(N)c2)C1. The molecule has 1 saturated carbocycles. The van der Waals surface area contributed by atoms with Crippen molar-refractivity contribution in [3.8, 4) is 0 Å². The largest absolute Gasteiger partial charge is 0.396 e. The van der Waals surface area contributed by atoms with Crippen molar-refractivity contribution in [1.82, 2.24) is 4.90 Å². The maximum atomic E-state index is 13.3. The summed E-state index contributed by atoms with van der Waals surface area (Å²) in [6.45, 7) is 7.62. The summed E-state index contributed by atoms with van der Waals surface area (Å²) >= 11 is 0. The molecule has 4 heteroatoms. The molecular weight excluding hydrogens is 267 g/mol. The molecule has 1 amide bonds. The van der Waals surface area contributed by atoms with E-state index in [-0.39, 0.29) is 28.5 Å². The van der Waals surface area contributed by atoms with E-state index in [2.05, 4.69) is 20.8 Å². The van der Waals surface area contributed by atoms with Gasteiger partial charge in [0, 0.05) is 18.2 Å². The van der Waals surface area contributed by atoms with Crippen LogP contribution in [0.3, 0.4) is 0 Å². The Labute approximate surface area is 125 Å². The molecule has 1 saturated heterocycles. The molecule has 2 atom stereocenters. The number of nitrogens with two attached hydrogens (primary N) is 1. The Balaban J connectivity index is 1.87. The molecule has 0 radical (unpaired) electrons. The van der Waals surface area contributed by atoms with Crippen LogP contribution in [0, 0.1) is 16.6 Å². The molecule has 0 aromatic heterocycles. The first kappa shape index (κ1) is 14.4. The zero-order valence-corrected chi connectivity index (χ0v) is 12.9. The average Bonchev–Trinajstić information content (AvgIpc) is 2.61. The smallest absolute Gasteiger partial charge is 0.254 e. The Morgan fingerprint density at radius 2 is 2.05 bits per heavy atom. The second-order valence-corrected chi connectivity index (χ2v) is 7.88. The Morgan fingerprint density at radius 1 is 1.33 bits per heavy atom. The maximum absolute atomic E-state index is 13.3. The van der Waals surface area contributed by atoms with Crippen LogP contribution < -0.4 is 5.73 Å². The summed E-state index contributed by atoms with van der Waals surface area (Å²) in [5, 5.41) is 0. The second-order valence-electron chi connectivity index (χ2n) is 7.88. The number of benzene rings is 1. The number of amides is 1. The average molecular weight is 290 g/mol. The number of hydrogen-bond donors (Lipinski definition) is 1. The van der Waals surface area contributed by atoms with Crippen LogP contribution in [0.2, 0.25) is 0 Å². The highest BCUT2D eigenvalue weighted by atomic mass is 19.1. The van der Waals surface area contributed by atoms with Gasteiger partial charge in [-0.1, -0.05) is 20.8 Å². The van der Waals surface area contributed by atoms with Crippen molar-refractivity contribution in [1.29, 1.82) is 0 Å². The zero-order chi connectivity index (χ0) is 15.4. The summed E-state index contributed by atoms with van der Waals surface area (Å²) < 4.78 is 13.3. The fourth-order valence-electron chi connectivity index (χ4n) is 4.54. The third-order valence-electron chi connectivity index (χ3n) is 4.92. The van der Waals surface area contributed by atoms with Crippen molar-refractivity contribution in [2.45, 2.75) is 46.1 Å². The Hall–Kier alpha value is -1.58. The molecule has 1 aliphatic heterocycles. The van der Waals surface area contributed by atoms with E-state index >= 15 is 0 Å². The lowest BCUT2D eigenvalue weighted by atomic mass is 9.65. The molecular formula is C17H23FN2O. The molecule has 2 N–H and O–H groups in total. The van der Waals surface area contributed by atoms with E-state index < -0.39 is 5.82 Å². The summed E-state index contributed by atoms with van der Waals surface area (Å²) in [7, 11) is 0. The van der Waals surface area contributed by atoms with E-state index in [4.69, 9.17) is 5.73 Å². The Morgan fingerprint density at radius 3 is 2.71 bits per heavy atom. The van der Waals surface area contributed by atoms with E-state index in [0.29, 0.717) is 5.56 Å². The minimum Gasteiger partial charge on any atom is -0.396 e. The van der Waals surface area contributed by atoms with Crippen LogP contribution in [0.5, 0.6) is 0 Å². The lowest BCUT2D eigenvalue weighted by Gasteiger charge is -2.39. The van der Waals surface area contributed by atoms with Gasteiger partial charge in [-0.3, -0.25) is 4.79 Å². The van der Waals surface area contributed by atoms with Gasteiger partial charge < -0.3 is 10.6 Å². The Kier molecular flexibility index (Phi) is 3.05. The zero-order valence-electron chi connectivity index (χ0n) is 12.9. The fraction of sp³-hybridized carbons (Fsp3) is 0.588. The number of carbonyl (C=O) groups excluding carboxylic acids is 1. The molecule has 1 aromatic rings. The lowest BCUT2D eigenvalue weighted by molar-refractivity contribution is 0.0708. The van der Waals surface area contributed by atoms with E-state index in [1.165, 1.54) is 18.2 Å². The summed E-state index contributed by atoms with van der Waals surface area (Å²) in [5.74, 6) is -0.493. The first-order valence-corrected chi connectivity index (χ1v) is 7.55. The lowest BCUT2D eigenvalue weighted by Crippen LogP contribution is -2.37. The van der Waals surface area contributed by atoms with Gasteiger partial charge in [0.25, 0.3) is 5.91 Å². The highest BCUT2D eigenvalue weighted by Crippen LogP contribution is 2.52. The van der Waals surface area contributed by atoms with Crippen LogP contribution in [0.15, 0.2) is 18.2 Å². The van der Waals surface area contributed by atoms with Crippen molar-refractivity contribution >= 4 is 11.6 Å². The highest BCUT2D eigenvalue weighted by Gasteiger charge is 2.51. The van der Waals surface area contributed by atoms with E-state index in [0.717, 1.165) is 25.8 Å². The standard InChI is InChI=1S/C17H23FN2O/c1-16(2)7-12-8-17(3,9-16)10-20(12)15(21)11-4-5-13(18)14(19)6-11/h4-6,12H,7-10,19H2,1-3H3. The number of carbonyl (C=O) groups is 1. The monoisotopic (exact) mass is 290 g/mol. The molecule has 114 valence electrons. The highest BCUT2D eigenvalue weighted by molar-refractivity contribution is 5.95. The molecule has 2 bridgehead atoms. The minimum atomic E-state index is -0.472. The van der Waals surface area contributed by atoms with Crippen LogP contribution in [0.25, 0.3) is 0 Å². The first-order chi connectivity index (χ1) is 9.69. The van der Waals surface area contributed by atoms with Gasteiger partial charge in [0.2, 0.25) is 0 Å². The third-order valence-corrected chi connectivity index (χ3v) is 4.92. The minimum absolute atomic E-state index is 0.0203. The number of anilines is 1. The predicted molar refractivity (Wildman–Crippen MR) is 81.4 cm³/mol. The van der Waals surface area contributed by atoms with Crippen molar-refractivity contribution in [3.63, 3.8) is 0 Å². The van der Waals surface area contributed by atoms with Crippen LogP contribution in [0.1, 0.15) is 50.4 Å². The molecule has 3 nitrogen and oxygen atoms in total. The summed E-state index contributed by atoms with van der Waals surface area (Å²) in [4.78, 5) is 14.7.